The third-order valence-electron chi connectivity index (χ3n) is 9.78. The molecule has 0 radical (unpaired) electrons. The Morgan fingerprint density at radius 1 is 1.02 bits per heavy atom. The van der Waals surface area contributed by atoms with E-state index in [-0.39, 0.29) is 24.0 Å². The van der Waals surface area contributed by atoms with Gasteiger partial charge in [0.1, 0.15) is 23.8 Å². The SMILES string of the molecule is COCc1cc(COc2c(C)cccc2-c2cccc(N3C[C@@H]4C[C@]4(C(=O)OC)[C@H]3COC)n2)cc2c1CN(C(=O)OC(C)(C)C)CC2. The number of para-hydroxylation sites is 1. The van der Waals surface area contributed by atoms with Crippen LogP contribution in [0.15, 0.2) is 48.5 Å². The Morgan fingerprint density at radius 2 is 1.81 bits per heavy atom. The summed E-state index contributed by atoms with van der Waals surface area (Å²) in [7, 11) is 4.81. The number of carbonyl (C=O) groups excluding carboxylic acids is 2. The number of esters is 1. The van der Waals surface area contributed by atoms with Gasteiger partial charge < -0.3 is 33.5 Å². The van der Waals surface area contributed by atoms with Gasteiger partial charge in [-0.25, -0.2) is 9.78 Å². The lowest BCUT2D eigenvalue weighted by Gasteiger charge is -2.32. The number of aromatic nitrogens is 1. The molecule has 0 bridgehead atoms. The van der Waals surface area contributed by atoms with Crippen molar-refractivity contribution in [2.45, 2.75) is 71.9 Å². The third kappa shape index (κ3) is 6.48. The molecule has 10 heteroatoms. The number of hydrogen-bond acceptors (Lipinski definition) is 9. The molecule has 0 unspecified atom stereocenters. The molecule has 0 spiro atoms. The summed E-state index contributed by atoms with van der Waals surface area (Å²) in [5.74, 6) is 1.64. The van der Waals surface area contributed by atoms with Crippen molar-refractivity contribution >= 4 is 17.9 Å². The molecule has 256 valence electrons. The van der Waals surface area contributed by atoms with Gasteiger partial charge in [-0.2, -0.15) is 0 Å². The number of piperidine rings is 1. The first-order valence-electron chi connectivity index (χ1n) is 16.6. The smallest absolute Gasteiger partial charge is 0.410 e. The van der Waals surface area contributed by atoms with Gasteiger partial charge in [-0.15, -0.1) is 0 Å². The Kier molecular flexibility index (Phi) is 9.42. The zero-order valence-corrected chi connectivity index (χ0v) is 29.1. The molecule has 2 aromatic carbocycles. The highest BCUT2D eigenvalue weighted by molar-refractivity contribution is 5.84. The topological polar surface area (TPSA) is 99.7 Å². The molecule has 1 amide bonds. The van der Waals surface area contributed by atoms with Gasteiger partial charge in [0, 0.05) is 39.4 Å². The number of amides is 1. The number of nitrogens with zero attached hydrogens (tertiary/aromatic N) is 3. The first-order valence-corrected chi connectivity index (χ1v) is 16.6. The standard InChI is InChI=1S/C38H47N3O7/c1-24-10-8-11-29(31-12-9-13-33(39-31)41-19-28-18-38(28,35(42)46-7)32(41)23-45-6)34(24)47-21-25-16-26-14-15-40(36(43)48-37(2,3)4)20-30(26)27(17-25)22-44-5/h8-13,16-17,28,32H,14-15,18-23H2,1-7H3/t28-,32+,38+/m0/s1. The molecule has 3 atom stereocenters. The summed E-state index contributed by atoms with van der Waals surface area (Å²) in [6, 6.07) is 16.2. The number of carbonyl (C=O) groups is 2. The molecule has 10 nitrogen and oxygen atoms in total. The van der Waals surface area contributed by atoms with E-state index >= 15 is 0 Å². The van der Waals surface area contributed by atoms with E-state index in [1.54, 1.807) is 19.1 Å². The van der Waals surface area contributed by atoms with E-state index in [1.807, 2.05) is 64.1 Å². The fraction of sp³-hybridized carbons (Fsp3) is 0.500. The van der Waals surface area contributed by atoms with Crippen LogP contribution in [-0.4, -0.2) is 74.6 Å². The molecule has 1 saturated carbocycles. The molecule has 1 aliphatic carbocycles. The van der Waals surface area contributed by atoms with Crippen molar-refractivity contribution in [2.24, 2.45) is 11.3 Å². The predicted molar refractivity (Wildman–Crippen MR) is 182 cm³/mol. The maximum absolute atomic E-state index is 12.9. The summed E-state index contributed by atoms with van der Waals surface area (Å²) in [4.78, 5) is 34.8. The summed E-state index contributed by atoms with van der Waals surface area (Å²) < 4.78 is 28.6. The van der Waals surface area contributed by atoms with E-state index in [9.17, 15) is 9.59 Å². The summed E-state index contributed by atoms with van der Waals surface area (Å²) in [6.45, 7) is 10.7. The molecule has 6 rings (SSSR count). The Bertz CT molecular complexity index is 1690. The number of rotatable bonds is 10. The molecule has 48 heavy (non-hydrogen) atoms. The quantitative estimate of drug-likeness (QED) is 0.240. The molecule has 3 heterocycles. The zero-order valence-electron chi connectivity index (χ0n) is 29.1. The van der Waals surface area contributed by atoms with Crippen LogP contribution in [-0.2, 0) is 49.9 Å². The molecule has 1 saturated heterocycles. The van der Waals surface area contributed by atoms with Gasteiger partial charge in [0.25, 0.3) is 0 Å². The minimum Gasteiger partial charge on any atom is -0.488 e. The zero-order chi connectivity index (χ0) is 34.2. The molecule has 1 aromatic heterocycles. The normalized spacial score (nSPS) is 21.4. The van der Waals surface area contributed by atoms with Crippen LogP contribution in [0.2, 0.25) is 0 Å². The van der Waals surface area contributed by atoms with E-state index < -0.39 is 11.0 Å². The summed E-state index contributed by atoms with van der Waals surface area (Å²) in [5, 5.41) is 0. The number of pyridine rings is 1. The lowest BCUT2D eigenvalue weighted by molar-refractivity contribution is -0.148. The predicted octanol–water partition coefficient (Wildman–Crippen LogP) is 6.09. The Morgan fingerprint density at radius 3 is 2.54 bits per heavy atom. The Hall–Kier alpha value is -4.15. The van der Waals surface area contributed by atoms with Gasteiger partial charge in [0.15, 0.2) is 0 Å². The van der Waals surface area contributed by atoms with Gasteiger partial charge in [-0.3, -0.25) is 4.79 Å². The average Bonchev–Trinajstić information content (AvgIpc) is 3.70. The van der Waals surface area contributed by atoms with Crippen molar-refractivity contribution < 1.29 is 33.3 Å². The molecule has 0 N–H and O–H groups in total. The number of aryl methyl sites for hydroxylation is 1. The van der Waals surface area contributed by atoms with Crippen LogP contribution in [0.1, 0.15) is 55.0 Å². The van der Waals surface area contributed by atoms with Crippen molar-refractivity contribution in [3.63, 3.8) is 0 Å². The fourth-order valence-corrected chi connectivity index (χ4v) is 7.46. The first-order chi connectivity index (χ1) is 23.0. The number of anilines is 1. The van der Waals surface area contributed by atoms with Gasteiger partial charge in [0.05, 0.1) is 37.5 Å². The Balaban J connectivity index is 1.24. The second-order valence-corrected chi connectivity index (χ2v) is 14.2. The van der Waals surface area contributed by atoms with Crippen molar-refractivity contribution in [3.05, 3.63) is 76.3 Å². The number of fused-ring (bicyclic) bond motifs is 2. The highest BCUT2D eigenvalue weighted by atomic mass is 16.6. The number of hydrogen-bond donors (Lipinski definition) is 0. The van der Waals surface area contributed by atoms with E-state index in [0.717, 1.165) is 64.5 Å². The van der Waals surface area contributed by atoms with E-state index in [0.29, 0.717) is 32.9 Å². The molecule has 3 aliphatic rings. The van der Waals surface area contributed by atoms with E-state index in [2.05, 4.69) is 17.0 Å². The number of ether oxygens (including phenoxy) is 5. The summed E-state index contributed by atoms with van der Waals surface area (Å²) >= 11 is 0. The van der Waals surface area contributed by atoms with E-state index in [4.69, 9.17) is 28.7 Å². The van der Waals surface area contributed by atoms with Gasteiger partial charge in [0.2, 0.25) is 0 Å². The van der Waals surface area contributed by atoms with E-state index in [1.165, 1.54) is 12.7 Å². The summed E-state index contributed by atoms with van der Waals surface area (Å²) in [5.41, 5.74) is 5.99. The molecule has 2 fully saturated rings. The van der Waals surface area contributed by atoms with Crippen molar-refractivity contribution in [1.82, 2.24) is 9.88 Å². The molecular weight excluding hydrogens is 610 g/mol. The lowest BCUT2D eigenvalue weighted by atomic mass is 9.93. The van der Waals surface area contributed by atoms with Crippen LogP contribution in [0.4, 0.5) is 10.6 Å². The minimum absolute atomic E-state index is 0.141. The van der Waals surface area contributed by atoms with Crippen molar-refractivity contribution in [1.29, 1.82) is 0 Å². The van der Waals surface area contributed by atoms with Crippen LogP contribution >= 0.6 is 0 Å². The van der Waals surface area contributed by atoms with Crippen LogP contribution < -0.4 is 9.64 Å². The lowest BCUT2D eigenvalue weighted by Crippen LogP contribution is -2.44. The summed E-state index contributed by atoms with van der Waals surface area (Å²) in [6.07, 6.45) is 1.24. The second-order valence-electron chi connectivity index (χ2n) is 14.2. The first kappa shape index (κ1) is 33.7. The van der Waals surface area contributed by atoms with Crippen LogP contribution in [0.3, 0.4) is 0 Å². The number of methoxy groups -OCH3 is 3. The maximum atomic E-state index is 12.9. The third-order valence-corrected chi connectivity index (χ3v) is 9.78. The highest BCUT2D eigenvalue weighted by Gasteiger charge is 2.71. The van der Waals surface area contributed by atoms with Crippen LogP contribution in [0.5, 0.6) is 5.75 Å². The monoisotopic (exact) mass is 657 g/mol. The molecule has 3 aromatic rings. The Labute approximate surface area is 283 Å². The minimum atomic E-state index is -0.548. The van der Waals surface area contributed by atoms with Gasteiger partial charge in [-0.05, 0) is 98.5 Å². The van der Waals surface area contributed by atoms with Gasteiger partial charge >= 0.3 is 12.1 Å². The number of benzene rings is 2. The molecular formula is C38H47N3O7. The van der Waals surface area contributed by atoms with Crippen LogP contribution in [0.25, 0.3) is 11.3 Å². The maximum Gasteiger partial charge on any atom is 0.410 e. The van der Waals surface area contributed by atoms with Gasteiger partial charge in [-0.1, -0.05) is 24.3 Å². The second kappa shape index (κ2) is 13.4. The highest BCUT2D eigenvalue weighted by Crippen LogP contribution is 2.62. The average molecular weight is 658 g/mol. The fourth-order valence-electron chi connectivity index (χ4n) is 7.46. The van der Waals surface area contributed by atoms with Crippen molar-refractivity contribution in [3.8, 4) is 17.0 Å². The van der Waals surface area contributed by atoms with Crippen molar-refractivity contribution in [2.75, 3.05) is 45.9 Å². The largest absolute Gasteiger partial charge is 0.488 e. The van der Waals surface area contributed by atoms with Crippen LogP contribution in [0, 0.1) is 18.3 Å². The molecule has 2 aliphatic heterocycles.